The highest BCUT2D eigenvalue weighted by molar-refractivity contribution is 5.25. The number of nitrogens with zero attached hydrogens (tertiary/aromatic N) is 3. The summed E-state index contributed by atoms with van der Waals surface area (Å²) in [7, 11) is 0. The Balaban J connectivity index is 2.09. The molecule has 1 unspecified atom stereocenters. The Morgan fingerprint density at radius 2 is 1.81 bits per heavy atom. The number of nitrogens with two attached hydrogens (primary N) is 1. The molecule has 0 saturated heterocycles. The van der Waals surface area contributed by atoms with Crippen molar-refractivity contribution >= 4 is 0 Å². The largest absolute Gasteiger partial charge is 0.322 e. The van der Waals surface area contributed by atoms with Gasteiger partial charge in [-0.2, -0.15) is 5.10 Å². The standard InChI is InChI=1S/C17H26N4/c1-4-7-13-8-10-14(11-9-13)15(18)12-21-17(6-3)19-16(5-2)20-21/h8-11,15H,4-7,12,18H2,1-3H3. The maximum Gasteiger partial charge on any atom is 0.150 e. The third-order valence-corrected chi connectivity index (χ3v) is 3.74. The van der Waals surface area contributed by atoms with Crippen molar-refractivity contribution in [3.05, 3.63) is 47.0 Å². The fourth-order valence-corrected chi connectivity index (χ4v) is 2.50. The first-order valence-electron chi connectivity index (χ1n) is 7.94. The van der Waals surface area contributed by atoms with E-state index in [0.717, 1.165) is 36.5 Å². The minimum absolute atomic E-state index is 0.0441. The molecule has 4 nitrogen and oxygen atoms in total. The van der Waals surface area contributed by atoms with Crippen molar-refractivity contribution in [1.29, 1.82) is 0 Å². The van der Waals surface area contributed by atoms with Gasteiger partial charge in [0, 0.05) is 18.9 Å². The summed E-state index contributed by atoms with van der Waals surface area (Å²) in [5.74, 6) is 1.92. The molecule has 0 aliphatic rings. The Bertz CT molecular complexity index is 557. The Hall–Kier alpha value is -1.68. The van der Waals surface area contributed by atoms with E-state index in [-0.39, 0.29) is 6.04 Å². The molecule has 2 rings (SSSR count). The molecule has 2 aromatic rings. The molecular formula is C17H26N4. The third kappa shape index (κ3) is 3.91. The highest BCUT2D eigenvalue weighted by Crippen LogP contribution is 2.15. The van der Waals surface area contributed by atoms with Crippen LogP contribution in [0, 0.1) is 0 Å². The Labute approximate surface area is 127 Å². The number of rotatable bonds is 7. The maximum absolute atomic E-state index is 6.34. The maximum atomic E-state index is 6.34. The SMILES string of the molecule is CCCc1ccc(C(N)Cn2nc(CC)nc2CC)cc1. The van der Waals surface area contributed by atoms with Crippen LogP contribution in [0.1, 0.15) is 56.0 Å². The summed E-state index contributed by atoms with van der Waals surface area (Å²) in [6.07, 6.45) is 4.04. The number of hydrogen-bond acceptors (Lipinski definition) is 3. The molecule has 1 aromatic carbocycles. The topological polar surface area (TPSA) is 56.7 Å². The minimum atomic E-state index is -0.0441. The highest BCUT2D eigenvalue weighted by atomic mass is 15.3. The molecule has 2 N–H and O–H groups in total. The second-order valence-corrected chi connectivity index (χ2v) is 5.43. The normalized spacial score (nSPS) is 12.6. The molecule has 4 heteroatoms. The number of hydrogen-bond donors (Lipinski definition) is 1. The molecule has 0 saturated carbocycles. The van der Waals surface area contributed by atoms with Gasteiger partial charge in [0.1, 0.15) is 5.82 Å². The van der Waals surface area contributed by atoms with Gasteiger partial charge in [-0.1, -0.05) is 51.5 Å². The Kier molecular flexibility index (Phi) is 5.51. The fraction of sp³-hybridized carbons (Fsp3) is 0.529. The van der Waals surface area contributed by atoms with E-state index in [4.69, 9.17) is 5.73 Å². The van der Waals surface area contributed by atoms with Crippen LogP contribution in [-0.2, 0) is 25.8 Å². The molecule has 0 radical (unpaired) electrons. The van der Waals surface area contributed by atoms with Crippen molar-refractivity contribution < 1.29 is 0 Å². The number of aromatic nitrogens is 3. The molecule has 1 aromatic heterocycles. The molecule has 0 aliphatic heterocycles. The summed E-state index contributed by atoms with van der Waals surface area (Å²) in [5, 5.41) is 4.54. The van der Waals surface area contributed by atoms with Gasteiger partial charge in [-0.05, 0) is 17.5 Å². The zero-order valence-electron chi connectivity index (χ0n) is 13.3. The van der Waals surface area contributed by atoms with Crippen LogP contribution in [-0.4, -0.2) is 14.8 Å². The van der Waals surface area contributed by atoms with Crippen molar-refractivity contribution in [2.24, 2.45) is 5.73 Å². The highest BCUT2D eigenvalue weighted by Gasteiger charge is 2.12. The number of benzene rings is 1. The van der Waals surface area contributed by atoms with E-state index in [1.54, 1.807) is 0 Å². The van der Waals surface area contributed by atoms with Gasteiger partial charge in [-0.15, -0.1) is 0 Å². The molecule has 0 spiro atoms. The van der Waals surface area contributed by atoms with E-state index >= 15 is 0 Å². The summed E-state index contributed by atoms with van der Waals surface area (Å²) >= 11 is 0. The molecule has 1 heterocycles. The second kappa shape index (κ2) is 7.36. The van der Waals surface area contributed by atoms with Gasteiger partial charge >= 0.3 is 0 Å². The fourth-order valence-electron chi connectivity index (χ4n) is 2.50. The lowest BCUT2D eigenvalue weighted by Crippen LogP contribution is -2.20. The molecular weight excluding hydrogens is 260 g/mol. The first kappa shape index (κ1) is 15.7. The van der Waals surface area contributed by atoms with E-state index < -0.39 is 0 Å². The summed E-state index contributed by atoms with van der Waals surface area (Å²) in [5.41, 5.74) is 8.87. The molecule has 0 fully saturated rings. The van der Waals surface area contributed by atoms with Gasteiger partial charge in [-0.25, -0.2) is 9.67 Å². The first-order valence-corrected chi connectivity index (χ1v) is 7.94. The van der Waals surface area contributed by atoms with Gasteiger partial charge in [-0.3, -0.25) is 0 Å². The smallest absolute Gasteiger partial charge is 0.150 e. The molecule has 0 aliphatic carbocycles. The molecule has 114 valence electrons. The molecule has 1 atom stereocenters. The predicted molar refractivity (Wildman–Crippen MR) is 86.1 cm³/mol. The third-order valence-electron chi connectivity index (χ3n) is 3.74. The van der Waals surface area contributed by atoms with Crippen molar-refractivity contribution in [1.82, 2.24) is 14.8 Å². The lowest BCUT2D eigenvalue weighted by molar-refractivity contribution is 0.505. The Morgan fingerprint density at radius 3 is 2.38 bits per heavy atom. The zero-order chi connectivity index (χ0) is 15.2. The molecule has 0 bridgehead atoms. The Morgan fingerprint density at radius 1 is 1.10 bits per heavy atom. The van der Waals surface area contributed by atoms with Crippen molar-refractivity contribution in [2.45, 2.75) is 59.0 Å². The summed E-state index contributed by atoms with van der Waals surface area (Å²) in [6.45, 7) is 7.06. The van der Waals surface area contributed by atoms with Crippen LogP contribution in [0.2, 0.25) is 0 Å². The predicted octanol–water partition coefficient (Wildman–Crippen LogP) is 3.06. The van der Waals surface area contributed by atoms with E-state index in [9.17, 15) is 0 Å². The summed E-state index contributed by atoms with van der Waals surface area (Å²) in [4.78, 5) is 4.53. The van der Waals surface area contributed by atoms with E-state index in [0.29, 0.717) is 6.54 Å². The van der Waals surface area contributed by atoms with Crippen LogP contribution in [0.3, 0.4) is 0 Å². The van der Waals surface area contributed by atoms with Crippen molar-refractivity contribution in [3.8, 4) is 0 Å². The van der Waals surface area contributed by atoms with E-state index in [1.165, 1.54) is 12.0 Å². The molecule has 21 heavy (non-hydrogen) atoms. The monoisotopic (exact) mass is 286 g/mol. The van der Waals surface area contributed by atoms with Gasteiger partial charge in [0.15, 0.2) is 5.82 Å². The summed E-state index contributed by atoms with van der Waals surface area (Å²) < 4.78 is 1.96. The van der Waals surface area contributed by atoms with E-state index in [2.05, 4.69) is 55.1 Å². The number of aryl methyl sites for hydroxylation is 3. The minimum Gasteiger partial charge on any atom is -0.322 e. The van der Waals surface area contributed by atoms with Crippen LogP contribution >= 0.6 is 0 Å². The van der Waals surface area contributed by atoms with Crippen LogP contribution in [0.5, 0.6) is 0 Å². The lowest BCUT2D eigenvalue weighted by Gasteiger charge is -2.14. The van der Waals surface area contributed by atoms with Crippen LogP contribution in [0.15, 0.2) is 24.3 Å². The second-order valence-electron chi connectivity index (χ2n) is 5.43. The first-order chi connectivity index (χ1) is 10.2. The average Bonchev–Trinajstić information content (AvgIpc) is 2.90. The van der Waals surface area contributed by atoms with Gasteiger partial charge < -0.3 is 5.73 Å². The average molecular weight is 286 g/mol. The van der Waals surface area contributed by atoms with Gasteiger partial charge in [0.25, 0.3) is 0 Å². The van der Waals surface area contributed by atoms with Crippen LogP contribution < -0.4 is 5.73 Å². The van der Waals surface area contributed by atoms with Crippen molar-refractivity contribution in [3.63, 3.8) is 0 Å². The van der Waals surface area contributed by atoms with Gasteiger partial charge in [0.2, 0.25) is 0 Å². The summed E-state index contributed by atoms with van der Waals surface area (Å²) in [6, 6.07) is 8.59. The van der Waals surface area contributed by atoms with Crippen LogP contribution in [0.4, 0.5) is 0 Å². The quantitative estimate of drug-likeness (QED) is 0.851. The van der Waals surface area contributed by atoms with E-state index in [1.807, 2.05) is 4.68 Å². The van der Waals surface area contributed by atoms with Crippen molar-refractivity contribution in [2.75, 3.05) is 0 Å². The lowest BCUT2D eigenvalue weighted by atomic mass is 10.0. The van der Waals surface area contributed by atoms with Gasteiger partial charge in [0.05, 0.1) is 6.54 Å². The molecule has 0 amide bonds. The zero-order valence-corrected chi connectivity index (χ0v) is 13.3. The van der Waals surface area contributed by atoms with Crippen LogP contribution in [0.25, 0.3) is 0 Å².